The summed E-state index contributed by atoms with van der Waals surface area (Å²) in [4.78, 5) is 15.1. The fraction of sp³-hybridized carbons (Fsp3) is 0.632. The second-order valence-electron chi connectivity index (χ2n) is 6.76. The van der Waals surface area contributed by atoms with E-state index in [0.717, 1.165) is 19.3 Å². The van der Waals surface area contributed by atoms with E-state index in [4.69, 9.17) is 4.74 Å². The van der Waals surface area contributed by atoms with Crippen LogP contribution >= 0.6 is 0 Å². The van der Waals surface area contributed by atoms with Crippen LogP contribution < -0.4 is 0 Å². The zero-order valence-electron chi connectivity index (χ0n) is 15.4. The van der Waals surface area contributed by atoms with E-state index in [-0.39, 0.29) is 29.2 Å². The average Bonchev–Trinajstić information content (AvgIpc) is 2.62. The van der Waals surface area contributed by atoms with Gasteiger partial charge >= 0.3 is 0 Å². The van der Waals surface area contributed by atoms with Gasteiger partial charge in [-0.3, -0.25) is 4.79 Å². The molecule has 1 fully saturated rings. The molecule has 0 heterocycles. The van der Waals surface area contributed by atoms with Crippen molar-refractivity contribution in [3.05, 3.63) is 29.8 Å². The molecule has 140 valence electrons. The maximum absolute atomic E-state index is 12.9. The van der Waals surface area contributed by atoms with Crippen molar-refractivity contribution >= 4 is 15.7 Å². The van der Waals surface area contributed by atoms with E-state index in [0.29, 0.717) is 18.0 Å². The van der Waals surface area contributed by atoms with Crippen LogP contribution in [0.3, 0.4) is 0 Å². The Morgan fingerprint density at radius 3 is 2.40 bits per heavy atom. The molecule has 1 amide bonds. The highest BCUT2D eigenvalue weighted by atomic mass is 32.2. The summed E-state index contributed by atoms with van der Waals surface area (Å²) < 4.78 is 29.2. The first-order valence-electron chi connectivity index (χ1n) is 9.03. The first-order chi connectivity index (χ1) is 11.9. The molecule has 1 aliphatic rings. The molecule has 6 heteroatoms. The molecule has 0 spiro atoms. The number of nitrogens with zero attached hydrogens (tertiary/aromatic N) is 1. The molecule has 0 bridgehead atoms. The second-order valence-corrected chi connectivity index (χ2v) is 8.87. The minimum Gasteiger partial charge on any atom is -0.384 e. The van der Waals surface area contributed by atoms with E-state index in [1.54, 1.807) is 12.1 Å². The normalized spacial score (nSPS) is 21.1. The molecule has 2 unspecified atom stereocenters. The van der Waals surface area contributed by atoms with Crippen LogP contribution in [0.15, 0.2) is 29.2 Å². The quantitative estimate of drug-likeness (QED) is 0.743. The van der Waals surface area contributed by atoms with Crippen molar-refractivity contribution < 1.29 is 17.9 Å². The molecular formula is C19H29NO4S. The van der Waals surface area contributed by atoms with Crippen molar-refractivity contribution in [2.24, 2.45) is 5.92 Å². The Balaban J connectivity index is 2.16. The summed E-state index contributed by atoms with van der Waals surface area (Å²) in [5, 5.41) is 0. The van der Waals surface area contributed by atoms with Gasteiger partial charge in [0.15, 0.2) is 9.84 Å². The predicted molar refractivity (Wildman–Crippen MR) is 98.5 cm³/mol. The average molecular weight is 368 g/mol. The van der Waals surface area contributed by atoms with Crippen molar-refractivity contribution in [1.82, 2.24) is 4.90 Å². The van der Waals surface area contributed by atoms with Crippen LogP contribution in [0.5, 0.6) is 0 Å². The van der Waals surface area contributed by atoms with Crippen LogP contribution in [-0.4, -0.2) is 51.3 Å². The van der Waals surface area contributed by atoms with Crippen molar-refractivity contribution in [3.63, 3.8) is 0 Å². The Morgan fingerprint density at radius 1 is 1.20 bits per heavy atom. The standard InChI is InChI=1S/C19H29NO4S/c1-4-20(18-8-6-5-7-15(18)2)19(21)16-9-11-17(12-10-16)25(22,23)14-13-24-3/h9-12,15,18H,4-8,13-14H2,1-3H3. The van der Waals surface area contributed by atoms with Gasteiger partial charge in [-0.1, -0.05) is 19.8 Å². The molecule has 1 saturated carbocycles. The molecule has 1 aromatic rings. The lowest BCUT2D eigenvalue weighted by Crippen LogP contribution is -2.45. The fourth-order valence-electron chi connectivity index (χ4n) is 3.57. The van der Waals surface area contributed by atoms with Crippen LogP contribution in [0.25, 0.3) is 0 Å². The fourth-order valence-corrected chi connectivity index (χ4v) is 4.74. The molecule has 0 aromatic heterocycles. The lowest BCUT2D eigenvalue weighted by Gasteiger charge is -2.38. The molecule has 0 saturated heterocycles. The monoisotopic (exact) mass is 367 g/mol. The molecule has 1 aromatic carbocycles. The Kier molecular flexibility index (Phi) is 7.02. The third-order valence-electron chi connectivity index (χ3n) is 5.08. The van der Waals surface area contributed by atoms with Crippen LogP contribution in [-0.2, 0) is 14.6 Å². The maximum Gasteiger partial charge on any atom is 0.254 e. The number of benzene rings is 1. The van der Waals surface area contributed by atoms with Gasteiger partial charge in [0.2, 0.25) is 0 Å². The Morgan fingerprint density at radius 2 is 1.84 bits per heavy atom. The van der Waals surface area contributed by atoms with Crippen LogP contribution in [0.2, 0.25) is 0 Å². The van der Waals surface area contributed by atoms with Crippen LogP contribution in [0.4, 0.5) is 0 Å². The molecule has 0 N–H and O–H groups in total. The topological polar surface area (TPSA) is 63.7 Å². The number of methoxy groups -OCH3 is 1. The van der Waals surface area contributed by atoms with Crippen molar-refractivity contribution in [1.29, 1.82) is 0 Å². The summed E-state index contributed by atoms with van der Waals surface area (Å²) in [5.74, 6) is 0.436. The van der Waals surface area contributed by atoms with E-state index >= 15 is 0 Å². The van der Waals surface area contributed by atoms with Crippen molar-refractivity contribution in [2.75, 3.05) is 26.0 Å². The highest BCUT2D eigenvalue weighted by Crippen LogP contribution is 2.29. The number of carbonyl (C=O) groups is 1. The van der Waals surface area contributed by atoms with Gasteiger partial charge in [0.1, 0.15) is 0 Å². The minimum atomic E-state index is -3.37. The molecule has 0 aliphatic heterocycles. The van der Waals surface area contributed by atoms with Crippen molar-refractivity contribution in [3.8, 4) is 0 Å². The second kappa shape index (κ2) is 8.81. The van der Waals surface area contributed by atoms with E-state index in [1.807, 2.05) is 11.8 Å². The molecular weight excluding hydrogens is 338 g/mol. The Bertz CT molecular complexity index is 669. The summed E-state index contributed by atoms with van der Waals surface area (Å²) in [6.07, 6.45) is 4.60. The summed E-state index contributed by atoms with van der Waals surface area (Å²) in [5.41, 5.74) is 0.547. The van der Waals surface area contributed by atoms with E-state index in [1.165, 1.54) is 25.7 Å². The molecule has 0 radical (unpaired) electrons. The summed E-state index contributed by atoms with van der Waals surface area (Å²) in [7, 11) is -1.89. The maximum atomic E-state index is 12.9. The third kappa shape index (κ3) is 4.82. The van der Waals surface area contributed by atoms with Gasteiger partial charge in [0.25, 0.3) is 5.91 Å². The number of sulfone groups is 1. The third-order valence-corrected chi connectivity index (χ3v) is 6.78. The lowest BCUT2D eigenvalue weighted by molar-refractivity contribution is 0.0569. The van der Waals surface area contributed by atoms with Gasteiger partial charge in [0, 0.05) is 25.3 Å². The largest absolute Gasteiger partial charge is 0.384 e. The van der Waals surface area contributed by atoms with E-state index in [9.17, 15) is 13.2 Å². The molecule has 2 rings (SSSR count). The number of carbonyl (C=O) groups excluding carboxylic acids is 1. The minimum absolute atomic E-state index is 0.0120. The smallest absolute Gasteiger partial charge is 0.254 e. The highest BCUT2D eigenvalue weighted by Gasteiger charge is 2.30. The molecule has 1 aliphatic carbocycles. The van der Waals surface area contributed by atoms with Gasteiger partial charge < -0.3 is 9.64 Å². The number of hydrogen-bond acceptors (Lipinski definition) is 4. The number of hydrogen-bond donors (Lipinski definition) is 0. The Hall–Kier alpha value is -1.40. The Labute approximate surface area is 151 Å². The van der Waals surface area contributed by atoms with Crippen LogP contribution in [0, 0.1) is 5.92 Å². The zero-order valence-corrected chi connectivity index (χ0v) is 16.2. The van der Waals surface area contributed by atoms with E-state index in [2.05, 4.69) is 6.92 Å². The van der Waals surface area contributed by atoms with Gasteiger partial charge in [-0.2, -0.15) is 0 Å². The highest BCUT2D eigenvalue weighted by molar-refractivity contribution is 7.91. The first kappa shape index (κ1) is 19.9. The van der Waals surface area contributed by atoms with Crippen LogP contribution in [0.1, 0.15) is 49.9 Å². The SMILES string of the molecule is CCN(C(=O)c1ccc(S(=O)(=O)CCOC)cc1)C1CCCCC1C. The van der Waals surface area contributed by atoms with Gasteiger partial charge in [-0.25, -0.2) is 8.42 Å². The lowest BCUT2D eigenvalue weighted by atomic mass is 9.84. The summed E-state index contributed by atoms with van der Waals surface area (Å²) in [6, 6.07) is 6.57. The zero-order chi connectivity index (χ0) is 18.4. The number of ether oxygens (including phenoxy) is 1. The molecule has 5 nitrogen and oxygen atoms in total. The van der Waals surface area contributed by atoms with Gasteiger partial charge in [0.05, 0.1) is 17.3 Å². The van der Waals surface area contributed by atoms with Crippen molar-refractivity contribution in [2.45, 2.75) is 50.5 Å². The number of rotatable bonds is 7. The van der Waals surface area contributed by atoms with Gasteiger partial charge in [-0.15, -0.1) is 0 Å². The summed E-state index contributed by atoms with van der Waals surface area (Å²) >= 11 is 0. The molecule has 25 heavy (non-hydrogen) atoms. The predicted octanol–water partition coefficient (Wildman–Crippen LogP) is 3.15. The van der Waals surface area contributed by atoms with Gasteiger partial charge in [-0.05, 0) is 49.9 Å². The summed E-state index contributed by atoms with van der Waals surface area (Å²) in [6.45, 7) is 5.04. The first-order valence-corrected chi connectivity index (χ1v) is 10.7. The number of amides is 1. The molecule has 2 atom stereocenters. The van der Waals surface area contributed by atoms with E-state index < -0.39 is 9.84 Å².